The van der Waals surface area contributed by atoms with Crippen molar-refractivity contribution in [1.29, 1.82) is 0 Å². The van der Waals surface area contributed by atoms with Crippen LogP contribution in [-0.2, 0) is 9.53 Å². The van der Waals surface area contributed by atoms with Crippen molar-refractivity contribution in [2.24, 2.45) is 0 Å². The van der Waals surface area contributed by atoms with E-state index in [4.69, 9.17) is 4.74 Å². The molecule has 0 spiro atoms. The Morgan fingerprint density at radius 1 is 1.47 bits per heavy atom. The van der Waals surface area contributed by atoms with Crippen LogP contribution in [0.5, 0.6) is 0 Å². The van der Waals surface area contributed by atoms with Gasteiger partial charge in [-0.1, -0.05) is 0 Å². The van der Waals surface area contributed by atoms with Crippen LogP contribution in [0.25, 0.3) is 0 Å². The van der Waals surface area contributed by atoms with Gasteiger partial charge in [-0.25, -0.2) is 4.79 Å². The van der Waals surface area contributed by atoms with Crippen LogP contribution in [0.15, 0.2) is 0 Å². The van der Waals surface area contributed by atoms with Gasteiger partial charge in [0.2, 0.25) is 0 Å². The summed E-state index contributed by atoms with van der Waals surface area (Å²) < 4.78 is 4.90. The molecular weight excluding hydrogens is 196 g/mol. The molecule has 1 rings (SSSR count). The molecule has 1 heterocycles. The molecule has 5 heteroatoms. The van der Waals surface area contributed by atoms with Crippen molar-refractivity contribution >= 4 is 11.9 Å². The molecule has 5 nitrogen and oxygen atoms in total. The van der Waals surface area contributed by atoms with E-state index < -0.39 is 0 Å². The normalized spacial score (nSPS) is 21.3. The molecule has 1 atom stereocenters. The van der Waals surface area contributed by atoms with Gasteiger partial charge in [-0.2, -0.15) is 0 Å². The quantitative estimate of drug-likeness (QED) is 0.542. The number of nitrogens with zero attached hydrogens (tertiary/aromatic N) is 1. The fraction of sp³-hybridized carbons (Fsp3) is 0.800. The van der Waals surface area contributed by atoms with Crippen molar-refractivity contribution in [3.8, 4) is 0 Å². The molecule has 0 aliphatic carbocycles. The largest absolute Gasteiger partial charge is 0.385 e. The zero-order chi connectivity index (χ0) is 11.4. The molecule has 1 saturated heterocycles. The molecule has 15 heavy (non-hydrogen) atoms. The van der Waals surface area contributed by atoms with E-state index in [-0.39, 0.29) is 24.0 Å². The summed E-state index contributed by atoms with van der Waals surface area (Å²) in [6.45, 7) is 4.27. The summed E-state index contributed by atoms with van der Waals surface area (Å²) in [5.74, 6) is -0.119. The number of rotatable bonds is 5. The number of carbonyl (C=O) groups excluding carboxylic acids is 2. The minimum atomic E-state index is -0.366. The lowest BCUT2D eigenvalue weighted by molar-refractivity contribution is -0.128. The first-order valence-corrected chi connectivity index (χ1v) is 5.20. The van der Waals surface area contributed by atoms with Gasteiger partial charge in [-0.15, -0.1) is 0 Å². The average Bonchev–Trinajstić information content (AvgIpc) is 2.42. The first-order valence-electron chi connectivity index (χ1n) is 5.20. The highest BCUT2D eigenvalue weighted by Crippen LogP contribution is 2.13. The predicted octanol–water partition coefficient (Wildman–Crippen LogP) is 0.742. The molecule has 0 radical (unpaired) electrons. The van der Waals surface area contributed by atoms with Crippen molar-refractivity contribution in [2.75, 3.05) is 13.7 Å². The third-order valence-electron chi connectivity index (χ3n) is 2.41. The monoisotopic (exact) mass is 214 g/mol. The molecular formula is C10H18N2O3. The first-order chi connectivity index (χ1) is 7.07. The van der Waals surface area contributed by atoms with Gasteiger partial charge in [0.25, 0.3) is 5.91 Å². The maximum Gasteiger partial charge on any atom is 0.325 e. The second-order valence-electron chi connectivity index (χ2n) is 3.94. The summed E-state index contributed by atoms with van der Waals surface area (Å²) in [7, 11) is 1.62. The number of ether oxygens (including phenoxy) is 1. The Morgan fingerprint density at radius 3 is 2.60 bits per heavy atom. The van der Waals surface area contributed by atoms with Crippen molar-refractivity contribution in [1.82, 2.24) is 10.2 Å². The Hall–Kier alpha value is -1.10. The van der Waals surface area contributed by atoms with Gasteiger partial charge in [0.1, 0.15) is 6.04 Å². The Kier molecular flexibility index (Phi) is 4.08. The number of hydrogen-bond donors (Lipinski definition) is 1. The van der Waals surface area contributed by atoms with Gasteiger partial charge in [0.05, 0.1) is 0 Å². The van der Waals surface area contributed by atoms with Crippen LogP contribution in [0.4, 0.5) is 4.79 Å². The van der Waals surface area contributed by atoms with E-state index in [2.05, 4.69) is 5.32 Å². The van der Waals surface area contributed by atoms with Gasteiger partial charge in [0, 0.05) is 19.8 Å². The molecule has 0 aromatic heterocycles. The zero-order valence-electron chi connectivity index (χ0n) is 9.45. The number of nitrogens with one attached hydrogen (secondary N) is 1. The van der Waals surface area contributed by atoms with Gasteiger partial charge < -0.3 is 10.1 Å². The van der Waals surface area contributed by atoms with Crippen molar-refractivity contribution in [2.45, 2.75) is 38.8 Å². The van der Waals surface area contributed by atoms with Crippen LogP contribution in [-0.4, -0.2) is 42.6 Å². The summed E-state index contributed by atoms with van der Waals surface area (Å²) in [4.78, 5) is 24.5. The molecule has 1 fully saturated rings. The zero-order valence-corrected chi connectivity index (χ0v) is 9.45. The highest BCUT2D eigenvalue weighted by molar-refractivity contribution is 6.04. The molecule has 0 aromatic carbocycles. The lowest BCUT2D eigenvalue weighted by atomic mass is 10.1. The smallest absolute Gasteiger partial charge is 0.325 e. The number of imide groups is 1. The highest BCUT2D eigenvalue weighted by Gasteiger charge is 2.38. The lowest BCUT2D eigenvalue weighted by Gasteiger charge is -2.16. The molecule has 1 N–H and O–H groups in total. The minimum Gasteiger partial charge on any atom is -0.385 e. The average molecular weight is 214 g/mol. The van der Waals surface area contributed by atoms with E-state index in [9.17, 15) is 9.59 Å². The summed E-state index contributed by atoms with van der Waals surface area (Å²) >= 11 is 0. The van der Waals surface area contributed by atoms with E-state index in [1.807, 2.05) is 13.8 Å². The summed E-state index contributed by atoms with van der Waals surface area (Å²) in [6, 6.07) is -0.725. The molecule has 0 aromatic rings. The number of carbonyl (C=O) groups is 2. The van der Waals surface area contributed by atoms with Crippen LogP contribution in [0, 0.1) is 0 Å². The molecule has 0 saturated carbocycles. The highest BCUT2D eigenvalue weighted by atomic mass is 16.5. The van der Waals surface area contributed by atoms with E-state index in [0.717, 1.165) is 6.42 Å². The number of hydrogen-bond acceptors (Lipinski definition) is 3. The molecule has 86 valence electrons. The lowest BCUT2D eigenvalue weighted by Crippen LogP contribution is -2.37. The van der Waals surface area contributed by atoms with Gasteiger partial charge in [0.15, 0.2) is 0 Å². The number of methoxy groups -OCH3 is 1. The Balaban J connectivity index is 2.50. The SMILES string of the molecule is COCCCC1NC(=O)N(C(C)C)C1=O. The second-order valence-corrected chi connectivity index (χ2v) is 3.94. The van der Waals surface area contributed by atoms with Crippen molar-refractivity contribution in [3.63, 3.8) is 0 Å². The molecule has 1 unspecified atom stereocenters. The minimum absolute atomic E-state index is 0.0788. The molecule has 1 aliphatic rings. The van der Waals surface area contributed by atoms with Crippen molar-refractivity contribution < 1.29 is 14.3 Å². The first kappa shape index (κ1) is 12.0. The molecule has 1 aliphatic heterocycles. The number of urea groups is 1. The van der Waals surface area contributed by atoms with Crippen LogP contribution < -0.4 is 5.32 Å². The Morgan fingerprint density at radius 2 is 2.13 bits per heavy atom. The topological polar surface area (TPSA) is 58.6 Å². The third-order valence-corrected chi connectivity index (χ3v) is 2.41. The van der Waals surface area contributed by atoms with E-state index in [1.165, 1.54) is 4.90 Å². The third kappa shape index (κ3) is 2.68. The fourth-order valence-corrected chi connectivity index (χ4v) is 1.66. The van der Waals surface area contributed by atoms with E-state index in [0.29, 0.717) is 13.0 Å². The standard InChI is InChI=1S/C10H18N2O3/c1-7(2)12-9(13)8(11-10(12)14)5-4-6-15-3/h7-8H,4-6H2,1-3H3,(H,11,14). The molecule has 3 amide bonds. The maximum absolute atomic E-state index is 11.8. The van der Waals surface area contributed by atoms with Crippen LogP contribution in [0.1, 0.15) is 26.7 Å². The molecule has 0 bridgehead atoms. The van der Waals surface area contributed by atoms with Crippen LogP contribution in [0.3, 0.4) is 0 Å². The van der Waals surface area contributed by atoms with Crippen LogP contribution in [0.2, 0.25) is 0 Å². The summed E-state index contributed by atoms with van der Waals surface area (Å²) in [6.07, 6.45) is 1.42. The number of amides is 3. The van der Waals surface area contributed by atoms with Crippen LogP contribution >= 0.6 is 0 Å². The summed E-state index contributed by atoms with van der Waals surface area (Å²) in [5.41, 5.74) is 0. The maximum atomic E-state index is 11.8. The van der Waals surface area contributed by atoms with Crippen molar-refractivity contribution in [3.05, 3.63) is 0 Å². The second kappa shape index (κ2) is 5.11. The van der Waals surface area contributed by atoms with E-state index in [1.54, 1.807) is 7.11 Å². The predicted molar refractivity (Wildman–Crippen MR) is 55.4 cm³/mol. The Bertz CT molecular complexity index is 253. The van der Waals surface area contributed by atoms with Gasteiger partial charge in [-0.3, -0.25) is 9.69 Å². The fourth-order valence-electron chi connectivity index (χ4n) is 1.66. The van der Waals surface area contributed by atoms with E-state index >= 15 is 0 Å². The van der Waals surface area contributed by atoms with Gasteiger partial charge in [-0.05, 0) is 26.7 Å². The van der Waals surface area contributed by atoms with Gasteiger partial charge >= 0.3 is 6.03 Å². The Labute approximate surface area is 89.8 Å². The summed E-state index contributed by atoms with van der Waals surface area (Å²) in [5, 5.41) is 2.68.